The Morgan fingerprint density at radius 1 is 1.27 bits per heavy atom. The fourth-order valence-corrected chi connectivity index (χ4v) is 1.05. The summed E-state index contributed by atoms with van der Waals surface area (Å²) in [6.45, 7) is 0. The van der Waals surface area contributed by atoms with Crippen LogP contribution in [0.5, 0.6) is 0 Å². The first-order chi connectivity index (χ1) is 4.81. The van der Waals surface area contributed by atoms with Crippen molar-refractivity contribution in [3.05, 3.63) is 0 Å². The molecular formula is C3H10ClN7. The molecule has 0 atom stereocenters. The maximum Gasteiger partial charge on any atom is 0.224 e. The SMILES string of the molecule is NC1(N)N=C(Cl)NC(N)(N)N1. The first kappa shape index (κ1) is 8.65. The van der Waals surface area contributed by atoms with Gasteiger partial charge in [-0.1, -0.05) is 0 Å². The highest BCUT2D eigenvalue weighted by atomic mass is 35.5. The minimum Gasteiger partial charge on any atom is -0.318 e. The Kier molecular flexibility index (Phi) is 1.79. The van der Waals surface area contributed by atoms with E-state index in [2.05, 4.69) is 15.6 Å². The Balaban J connectivity index is 2.86. The predicted octanol–water partition coefficient (Wildman–Crippen LogP) is -3.17. The maximum atomic E-state index is 5.46. The molecule has 11 heavy (non-hydrogen) atoms. The molecular weight excluding hydrogens is 170 g/mol. The van der Waals surface area contributed by atoms with Crippen molar-refractivity contribution in [3.63, 3.8) is 0 Å². The van der Waals surface area contributed by atoms with Crippen molar-refractivity contribution in [2.75, 3.05) is 0 Å². The lowest BCUT2D eigenvalue weighted by molar-refractivity contribution is 0.194. The molecule has 1 rings (SSSR count). The van der Waals surface area contributed by atoms with E-state index < -0.39 is 11.8 Å². The first-order valence-corrected chi connectivity index (χ1v) is 3.17. The summed E-state index contributed by atoms with van der Waals surface area (Å²) >= 11 is 5.46. The summed E-state index contributed by atoms with van der Waals surface area (Å²) in [5.41, 5.74) is 21.4. The third kappa shape index (κ3) is 2.26. The van der Waals surface area contributed by atoms with E-state index in [0.717, 1.165) is 0 Å². The van der Waals surface area contributed by atoms with Gasteiger partial charge in [0.25, 0.3) is 0 Å². The normalized spacial score (nSPS) is 27.2. The molecule has 0 fully saturated rings. The van der Waals surface area contributed by atoms with Gasteiger partial charge < -0.3 is 5.32 Å². The molecule has 0 saturated carbocycles. The molecule has 64 valence electrons. The van der Waals surface area contributed by atoms with Crippen LogP contribution in [0, 0.1) is 0 Å². The van der Waals surface area contributed by atoms with E-state index >= 15 is 0 Å². The average Bonchev–Trinajstić information content (AvgIpc) is 1.49. The van der Waals surface area contributed by atoms with Crippen LogP contribution >= 0.6 is 11.6 Å². The van der Waals surface area contributed by atoms with Gasteiger partial charge in [0.05, 0.1) is 0 Å². The zero-order chi connectivity index (χ0) is 8.70. The Labute approximate surface area is 68.1 Å². The molecule has 1 heterocycles. The van der Waals surface area contributed by atoms with Crippen molar-refractivity contribution in [1.82, 2.24) is 10.6 Å². The maximum absolute atomic E-state index is 5.46. The van der Waals surface area contributed by atoms with Crippen LogP contribution in [0.2, 0.25) is 0 Å². The van der Waals surface area contributed by atoms with E-state index in [1.54, 1.807) is 0 Å². The van der Waals surface area contributed by atoms with Gasteiger partial charge in [0.1, 0.15) is 0 Å². The number of hydrogen-bond donors (Lipinski definition) is 6. The van der Waals surface area contributed by atoms with Crippen LogP contribution in [-0.2, 0) is 0 Å². The minimum atomic E-state index is -1.52. The second-order valence-electron chi connectivity index (χ2n) is 2.35. The number of rotatable bonds is 0. The van der Waals surface area contributed by atoms with E-state index in [1.165, 1.54) is 0 Å². The number of halogens is 1. The molecule has 0 bridgehead atoms. The smallest absolute Gasteiger partial charge is 0.224 e. The van der Waals surface area contributed by atoms with Gasteiger partial charge in [0, 0.05) is 0 Å². The number of hydrogen-bond acceptors (Lipinski definition) is 7. The van der Waals surface area contributed by atoms with Gasteiger partial charge in [-0.25, -0.2) is 10.3 Å². The Morgan fingerprint density at radius 3 is 2.18 bits per heavy atom. The molecule has 0 radical (unpaired) electrons. The number of aliphatic imine (C=N–C) groups is 1. The minimum absolute atomic E-state index is 0.0289. The van der Waals surface area contributed by atoms with Crippen LogP contribution in [0.1, 0.15) is 0 Å². The molecule has 0 spiro atoms. The summed E-state index contributed by atoms with van der Waals surface area (Å²) in [6.07, 6.45) is 0. The lowest BCUT2D eigenvalue weighted by Crippen LogP contribution is -2.82. The summed E-state index contributed by atoms with van der Waals surface area (Å²) in [5, 5.41) is 4.77. The molecule has 1 aliphatic rings. The Hall–Kier alpha value is -0.440. The monoisotopic (exact) mass is 179 g/mol. The van der Waals surface area contributed by atoms with Crippen molar-refractivity contribution >= 4 is 16.9 Å². The quantitative estimate of drug-likeness (QED) is 0.171. The molecule has 0 amide bonds. The zero-order valence-electron chi connectivity index (χ0n) is 5.63. The fourth-order valence-electron chi connectivity index (χ4n) is 0.752. The molecule has 0 aliphatic carbocycles. The van der Waals surface area contributed by atoms with Gasteiger partial charge in [-0.05, 0) is 11.6 Å². The van der Waals surface area contributed by atoms with E-state index in [0.29, 0.717) is 0 Å². The molecule has 0 aromatic heterocycles. The summed E-state index contributed by atoms with van der Waals surface area (Å²) in [5.74, 6) is -2.95. The molecule has 7 nitrogen and oxygen atoms in total. The van der Waals surface area contributed by atoms with Gasteiger partial charge >= 0.3 is 0 Å². The highest BCUT2D eigenvalue weighted by Crippen LogP contribution is 2.00. The van der Waals surface area contributed by atoms with Crippen molar-refractivity contribution in [1.29, 1.82) is 0 Å². The van der Waals surface area contributed by atoms with E-state index in [4.69, 9.17) is 34.5 Å². The predicted molar refractivity (Wildman–Crippen MR) is 41.8 cm³/mol. The first-order valence-electron chi connectivity index (χ1n) is 2.79. The Bertz CT molecular complexity index is 196. The lowest BCUT2D eigenvalue weighted by atomic mass is 10.5. The second-order valence-corrected chi connectivity index (χ2v) is 2.70. The lowest BCUT2D eigenvalue weighted by Gasteiger charge is -2.37. The molecule has 10 N–H and O–H groups in total. The number of nitrogens with one attached hydrogen (secondary N) is 2. The van der Waals surface area contributed by atoms with Crippen molar-refractivity contribution in [2.24, 2.45) is 27.9 Å². The fraction of sp³-hybridized carbons (Fsp3) is 0.667. The van der Waals surface area contributed by atoms with Crippen LogP contribution < -0.4 is 33.6 Å². The van der Waals surface area contributed by atoms with E-state index in [9.17, 15) is 0 Å². The Morgan fingerprint density at radius 2 is 1.82 bits per heavy atom. The van der Waals surface area contributed by atoms with Gasteiger partial charge in [-0.15, -0.1) is 0 Å². The zero-order valence-corrected chi connectivity index (χ0v) is 6.39. The third-order valence-electron chi connectivity index (χ3n) is 1.00. The average molecular weight is 180 g/mol. The third-order valence-corrected chi connectivity index (χ3v) is 1.18. The van der Waals surface area contributed by atoms with Crippen molar-refractivity contribution < 1.29 is 0 Å². The van der Waals surface area contributed by atoms with E-state index in [-0.39, 0.29) is 5.29 Å². The topological polar surface area (TPSA) is 140 Å². The van der Waals surface area contributed by atoms with Crippen molar-refractivity contribution in [2.45, 2.75) is 11.8 Å². The van der Waals surface area contributed by atoms with Crippen LogP contribution in [-0.4, -0.2) is 17.1 Å². The molecule has 0 saturated heterocycles. The number of amidine groups is 1. The number of nitrogens with zero attached hydrogens (tertiary/aromatic N) is 1. The van der Waals surface area contributed by atoms with Gasteiger partial charge in [-0.3, -0.25) is 22.9 Å². The van der Waals surface area contributed by atoms with E-state index in [1.807, 2.05) is 0 Å². The summed E-state index contributed by atoms with van der Waals surface area (Å²) in [7, 11) is 0. The molecule has 0 aromatic rings. The van der Waals surface area contributed by atoms with Crippen LogP contribution in [0.15, 0.2) is 4.99 Å². The van der Waals surface area contributed by atoms with Crippen molar-refractivity contribution in [3.8, 4) is 0 Å². The largest absolute Gasteiger partial charge is 0.318 e. The summed E-state index contributed by atoms with van der Waals surface area (Å²) < 4.78 is 0. The molecule has 1 aliphatic heterocycles. The standard InChI is InChI=1S/C3H10ClN7/c4-1-9-2(5,6)11-3(7,8)10-1/h11H,5-8H2,(H,9,10). The summed E-state index contributed by atoms with van der Waals surface area (Å²) in [6, 6.07) is 0. The summed E-state index contributed by atoms with van der Waals surface area (Å²) in [4.78, 5) is 3.57. The highest BCUT2D eigenvalue weighted by Gasteiger charge is 2.34. The highest BCUT2D eigenvalue weighted by molar-refractivity contribution is 6.64. The van der Waals surface area contributed by atoms with Crippen LogP contribution in [0.3, 0.4) is 0 Å². The van der Waals surface area contributed by atoms with Crippen LogP contribution in [0.4, 0.5) is 0 Å². The van der Waals surface area contributed by atoms with Crippen LogP contribution in [0.25, 0.3) is 0 Å². The molecule has 8 heteroatoms. The van der Waals surface area contributed by atoms with Gasteiger partial charge in [0.2, 0.25) is 11.8 Å². The molecule has 0 unspecified atom stereocenters. The van der Waals surface area contributed by atoms with Gasteiger partial charge in [0.15, 0.2) is 5.29 Å². The van der Waals surface area contributed by atoms with Gasteiger partial charge in [-0.2, -0.15) is 0 Å². The molecule has 0 aromatic carbocycles. The number of nitrogens with two attached hydrogens (primary N) is 4. The second kappa shape index (κ2) is 2.27.